The van der Waals surface area contributed by atoms with Gasteiger partial charge in [-0.15, -0.1) is 11.3 Å². The van der Waals surface area contributed by atoms with Crippen molar-refractivity contribution in [1.29, 1.82) is 0 Å². The van der Waals surface area contributed by atoms with Gasteiger partial charge < -0.3 is 9.73 Å². The quantitative estimate of drug-likeness (QED) is 0.527. The molecule has 2 aromatic heterocycles. The normalized spacial score (nSPS) is 11.8. The van der Waals surface area contributed by atoms with Crippen LogP contribution in [0.1, 0.15) is 5.56 Å². The van der Waals surface area contributed by atoms with Gasteiger partial charge in [0.25, 0.3) is 0 Å². The lowest BCUT2D eigenvalue weighted by molar-refractivity contribution is -0.137. The van der Waals surface area contributed by atoms with Crippen molar-refractivity contribution >= 4 is 33.3 Å². The number of H-pyrrole nitrogens is 1. The molecule has 0 spiro atoms. The Labute approximate surface area is 148 Å². The number of alkyl halides is 3. The third-order valence-electron chi connectivity index (χ3n) is 3.75. The number of benzene rings is 2. The number of fused-ring (bicyclic) bond motifs is 1. The first-order chi connectivity index (χ1) is 12.4. The lowest BCUT2D eigenvalue weighted by Crippen LogP contribution is -2.05. The first kappa shape index (κ1) is 16.4. The Hall–Kier alpha value is -3.07. The maximum absolute atomic E-state index is 13.2. The largest absolute Gasteiger partial charge is 0.417 e. The van der Waals surface area contributed by atoms with E-state index in [0.717, 1.165) is 12.1 Å². The molecule has 2 heterocycles. The number of thiazole rings is 1. The second-order valence-corrected chi connectivity index (χ2v) is 6.34. The van der Waals surface area contributed by atoms with E-state index in [2.05, 4.69) is 15.3 Å². The summed E-state index contributed by atoms with van der Waals surface area (Å²) in [6.07, 6.45) is -2.88. The van der Waals surface area contributed by atoms with Crippen LogP contribution in [-0.4, -0.2) is 9.97 Å². The van der Waals surface area contributed by atoms with E-state index >= 15 is 0 Å². The molecule has 132 valence electrons. The Balaban J connectivity index is 1.88. The second kappa shape index (κ2) is 6.03. The van der Waals surface area contributed by atoms with E-state index in [4.69, 9.17) is 4.42 Å². The van der Waals surface area contributed by atoms with Gasteiger partial charge in [-0.25, -0.2) is 9.78 Å². The molecule has 0 bridgehead atoms. The molecule has 0 amide bonds. The van der Waals surface area contributed by atoms with Gasteiger partial charge in [0.05, 0.1) is 11.1 Å². The van der Waals surface area contributed by atoms with Gasteiger partial charge in [0, 0.05) is 22.8 Å². The van der Waals surface area contributed by atoms with E-state index in [9.17, 15) is 18.0 Å². The van der Waals surface area contributed by atoms with Crippen LogP contribution in [0, 0.1) is 0 Å². The topological polar surface area (TPSA) is 70.9 Å². The smallest absolute Gasteiger partial charge is 0.408 e. The number of rotatable bonds is 3. The molecule has 0 fully saturated rings. The van der Waals surface area contributed by atoms with Gasteiger partial charge in [-0.05, 0) is 35.9 Å². The predicted molar refractivity (Wildman–Crippen MR) is 92.7 cm³/mol. The lowest BCUT2D eigenvalue weighted by Gasteiger charge is -2.14. The first-order valence-corrected chi connectivity index (χ1v) is 8.29. The van der Waals surface area contributed by atoms with Gasteiger partial charge in [0.2, 0.25) is 0 Å². The van der Waals surface area contributed by atoms with Gasteiger partial charge >= 0.3 is 11.9 Å². The number of aromatic nitrogens is 2. The highest BCUT2D eigenvalue weighted by Crippen LogP contribution is 2.38. The number of anilines is 2. The van der Waals surface area contributed by atoms with Crippen molar-refractivity contribution in [3.63, 3.8) is 0 Å². The maximum Gasteiger partial charge on any atom is 0.417 e. The third-order valence-corrected chi connectivity index (χ3v) is 4.44. The van der Waals surface area contributed by atoms with E-state index in [1.165, 1.54) is 23.5 Å². The van der Waals surface area contributed by atoms with Crippen molar-refractivity contribution in [3.05, 3.63) is 64.1 Å². The summed E-state index contributed by atoms with van der Waals surface area (Å²) >= 11 is 1.33. The number of nitrogens with zero attached hydrogens (tertiary/aromatic N) is 1. The Morgan fingerprint density at radius 3 is 2.73 bits per heavy atom. The average Bonchev–Trinajstić information content (AvgIpc) is 3.21. The molecule has 2 N–H and O–H groups in total. The van der Waals surface area contributed by atoms with E-state index < -0.39 is 17.5 Å². The maximum atomic E-state index is 13.2. The Bertz CT molecular complexity index is 1130. The van der Waals surface area contributed by atoms with Gasteiger partial charge in [-0.3, -0.25) is 4.98 Å². The lowest BCUT2D eigenvalue weighted by atomic mass is 10.00. The number of nitrogens with one attached hydrogen (secondary N) is 2. The summed E-state index contributed by atoms with van der Waals surface area (Å²) in [5.41, 5.74) is 1.23. The van der Waals surface area contributed by atoms with Crippen LogP contribution >= 0.6 is 11.3 Å². The second-order valence-electron chi connectivity index (χ2n) is 5.45. The van der Waals surface area contributed by atoms with Crippen LogP contribution in [0.5, 0.6) is 0 Å². The molecule has 4 aromatic rings. The van der Waals surface area contributed by atoms with Crippen LogP contribution in [0.2, 0.25) is 0 Å². The van der Waals surface area contributed by atoms with E-state index in [1.54, 1.807) is 23.7 Å². The minimum Gasteiger partial charge on any atom is -0.408 e. The molecule has 0 atom stereocenters. The summed E-state index contributed by atoms with van der Waals surface area (Å²) in [7, 11) is 0. The number of hydrogen-bond donors (Lipinski definition) is 2. The zero-order chi connectivity index (χ0) is 18.3. The standard InChI is InChI=1S/C17H10F3N3O2S/c18-17(19,20)10-2-4-12(22-15-21-5-6-26-15)11(8-10)9-1-3-13-14(7-9)25-16(24)23-13/h1-8H,(H,21,22)(H,23,24). The summed E-state index contributed by atoms with van der Waals surface area (Å²) in [4.78, 5) is 17.9. The Morgan fingerprint density at radius 2 is 2.00 bits per heavy atom. The molecular weight excluding hydrogens is 367 g/mol. The molecular formula is C17H10F3N3O2S. The average molecular weight is 377 g/mol. The van der Waals surface area contributed by atoms with Gasteiger partial charge in [0.1, 0.15) is 0 Å². The molecule has 9 heteroatoms. The number of hydrogen-bond acceptors (Lipinski definition) is 5. The van der Waals surface area contributed by atoms with Gasteiger partial charge in [-0.1, -0.05) is 6.07 Å². The van der Waals surface area contributed by atoms with E-state index in [1.807, 2.05) is 0 Å². The van der Waals surface area contributed by atoms with Crippen molar-refractivity contribution < 1.29 is 17.6 Å². The summed E-state index contributed by atoms with van der Waals surface area (Å²) < 4.78 is 44.5. The monoisotopic (exact) mass is 377 g/mol. The molecule has 0 unspecified atom stereocenters. The molecule has 0 aliphatic heterocycles. The third kappa shape index (κ3) is 3.08. The molecule has 0 aliphatic rings. The van der Waals surface area contributed by atoms with Crippen LogP contribution in [0.3, 0.4) is 0 Å². The van der Waals surface area contributed by atoms with Crippen LogP contribution in [0.4, 0.5) is 24.0 Å². The van der Waals surface area contributed by atoms with E-state index in [0.29, 0.717) is 27.5 Å². The van der Waals surface area contributed by atoms with Crippen molar-refractivity contribution in [1.82, 2.24) is 9.97 Å². The highest BCUT2D eigenvalue weighted by atomic mass is 32.1. The van der Waals surface area contributed by atoms with Crippen LogP contribution in [0.25, 0.3) is 22.2 Å². The first-order valence-electron chi connectivity index (χ1n) is 7.41. The number of halogens is 3. The number of oxazole rings is 1. The SMILES string of the molecule is O=c1[nH]c2ccc(-c3cc(C(F)(F)F)ccc3Nc3nccs3)cc2o1. The molecule has 26 heavy (non-hydrogen) atoms. The van der Waals surface area contributed by atoms with Crippen molar-refractivity contribution in [3.8, 4) is 11.1 Å². The van der Waals surface area contributed by atoms with E-state index in [-0.39, 0.29) is 5.58 Å². The van der Waals surface area contributed by atoms with Crippen molar-refractivity contribution in [2.45, 2.75) is 6.18 Å². The fourth-order valence-electron chi connectivity index (χ4n) is 2.58. The summed E-state index contributed by atoms with van der Waals surface area (Å²) in [6, 6.07) is 8.16. The molecule has 2 aromatic carbocycles. The van der Waals surface area contributed by atoms with Gasteiger partial charge in [-0.2, -0.15) is 13.2 Å². The molecule has 0 aliphatic carbocycles. The fourth-order valence-corrected chi connectivity index (χ4v) is 3.12. The summed E-state index contributed by atoms with van der Waals surface area (Å²) in [5, 5.41) is 5.34. The highest BCUT2D eigenvalue weighted by molar-refractivity contribution is 7.13. The van der Waals surface area contributed by atoms with Crippen molar-refractivity contribution in [2.75, 3.05) is 5.32 Å². The zero-order valence-electron chi connectivity index (χ0n) is 12.9. The summed E-state index contributed by atoms with van der Waals surface area (Å²) in [5.74, 6) is -0.623. The zero-order valence-corrected chi connectivity index (χ0v) is 13.7. The Morgan fingerprint density at radius 1 is 1.15 bits per heavy atom. The minimum atomic E-state index is -4.47. The number of aromatic amines is 1. The predicted octanol–water partition coefficient (Wildman–Crippen LogP) is 5.01. The van der Waals surface area contributed by atoms with Crippen LogP contribution in [0.15, 0.2) is 57.2 Å². The molecule has 0 radical (unpaired) electrons. The fraction of sp³-hybridized carbons (Fsp3) is 0.0588. The molecule has 5 nitrogen and oxygen atoms in total. The molecule has 0 saturated heterocycles. The molecule has 4 rings (SSSR count). The highest BCUT2D eigenvalue weighted by Gasteiger charge is 2.31. The van der Waals surface area contributed by atoms with Crippen LogP contribution in [-0.2, 0) is 6.18 Å². The molecule has 0 saturated carbocycles. The van der Waals surface area contributed by atoms with Crippen LogP contribution < -0.4 is 11.1 Å². The van der Waals surface area contributed by atoms with Gasteiger partial charge in [0.15, 0.2) is 10.7 Å². The Kier molecular flexibility index (Phi) is 3.80. The minimum absolute atomic E-state index is 0.269. The van der Waals surface area contributed by atoms with Crippen molar-refractivity contribution in [2.24, 2.45) is 0 Å². The summed E-state index contributed by atoms with van der Waals surface area (Å²) in [6.45, 7) is 0.